The minimum Gasteiger partial charge on any atom is -0.357 e. The molecule has 1 rings (SSSR count). The van der Waals surface area contributed by atoms with E-state index in [9.17, 15) is 0 Å². The van der Waals surface area contributed by atoms with Gasteiger partial charge >= 0.3 is 0 Å². The van der Waals surface area contributed by atoms with Crippen LogP contribution in [0.1, 0.15) is 6.92 Å². The van der Waals surface area contributed by atoms with Crippen molar-refractivity contribution in [1.82, 2.24) is 15.3 Å². The Morgan fingerprint density at radius 3 is 2.92 bits per heavy atom. The van der Waals surface area contributed by atoms with Gasteiger partial charge < -0.3 is 10.2 Å². The van der Waals surface area contributed by atoms with Crippen LogP contribution >= 0.6 is 0 Å². The Hall–Kier alpha value is -1.16. The van der Waals surface area contributed by atoms with Crippen LogP contribution in [0.25, 0.3) is 0 Å². The molecule has 0 aliphatic rings. The molecule has 13 heavy (non-hydrogen) atoms. The summed E-state index contributed by atoms with van der Waals surface area (Å²) < 4.78 is 0. The van der Waals surface area contributed by atoms with Gasteiger partial charge in [0.25, 0.3) is 0 Å². The highest BCUT2D eigenvalue weighted by Gasteiger charge is 1.99. The maximum absolute atomic E-state index is 4.19. The number of nitrogens with one attached hydrogen (secondary N) is 1. The van der Waals surface area contributed by atoms with Crippen LogP contribution in [0.15, 0.2) is 18.6 Å². The fourth-order valence-electron chi connectivity index (χ4n) is 1.03. The third-order valence-electron chi connectivity index (χ3n) is 1.81. The van der Waals surface area contributed by atoms with Crippen LogP contribution in [0.3, 0.4) is 0 Å². The first-order valence-corrected chi connectivity index (χ1v) is 4.52. The second-order valence-electron chi connectivity index (χ2n) is 2.84. The molecule has 4 nitrogen and oxygen atoms in total. The molecule has 1 aromatic heterocycles. The summed E-state index contributed by atoms with van der Waals surface area (Å²) in [7, 11) is 2.02. The minimum absolute atomic E-state index is 0.917. The van der Waals surface area contributed by atoms with E-state index in [1.165, 1.54) is 0 Å². The van der Waals surface area contributed by atoms with E-state index in [1.54, 1.807) is 18.6 Å². The number of hydrogen-bond donors (Lipinski definition) is 1. The molecule has 0 saturated carbocycles. The van der Waals surface area contributed by atoms with Crippen LogP contribution in [-0.4, -0.2) is 36.6 Å². The zero-order valence-corrected chi connectivity index (χ0v) is 8.20. The molecule has 0 aromatic carbocycles. The van der Waals surface area contributed by atoms with Crippen molar-refractivity contribution in [3.8, 4) is 0 Å². The van der Waals surface area contributed by atoms with Crippen LogP contribution in [0.5, 0.6) is 0 Å². The van der Waals surface area contributed by atoms with Crippen molar-refractivity contribution >= 4 is 5.82 Å². The third-order valence-corrected chi connectivity index (χ3v) is 1.81. The molecule has 0 bridgehead atoms. The van der Waals surface area contributed by atoms with Gasteiger partial charge in [-0.2, -0.15) is 0 Å². The van der Waals surface area contributed by atoms with Crippen LogP contribution in [0, 0.1) is 0 Å². The molecule has 0 aliphatic heterocycles. The fourth-order valence-corrected chi connectivity index (χ4v) is 1.03. The molecule has 0 amide bonds. The van der Waals surface area contributed by atoms with E-state index in [2.05, 4.69) is 27.1 Å². The molecule has 0 unspecified atom stereocenters. The Labute approximate surface area is 79.0 Å². The van der Waals surface area contributed by atoms with E-state index in [4.69, 9.17) is 0 Å². The highest BCUT2D eigenvalue weighted by molar-refractivity contribution is 5.33. The van der Waals surface area contributed by atoms with E-state index >= 15 is 0 Å². The van der Waals surface area contributed by atoms with Crippen LogP contribution in [0.4, 0.5) is 5.82 Å². The highest BCUT2D eigenvalue weighted by Crippen LogP contribution is 2.02. The SMILES string of the molecule is CCNCCN(C)c1cnccn1. The molecule has 1 aromatic rings. The molecule has 0 saturated heterocycles. The van der Waals surface area contributed by atoms with Gasteiger partial charge in [-0.1, -0.05) is 6.92 Å². The summed E-state index contributed by atoms with van der Waals surface area (Å²) in [6.07, 6.45) is 5.16. The maximum atomic E-state index is 4.19. The second kappa shape index (κ2) is 5.48. The number of aromatic nitrogens is 2. The summed E-state index contributed by atoms with van der Waals surface area (Å²) >= 11 is 0. The summed E-state index contributed by atoms with van der Waals surface area (Å²) in [6.45, 7) is 5.03. The van der Waals surface area contributed by atoms with Crippen molar-refractivity contribution in [2.75, 3.05) is 31.6 Å². The lowest BCUT2D eigenvalue weighted by Crippen LogP contribution is -2.29. The number of rotatable bonds is 5. The molecule has 0 aliphatic carbocycles. The average molecular weight is 180 g/mol. The predicted octanol–water partition coefficient (Wildman–Crippen LogP) is 0.522. The van der Waals surface area contributed by atoms with E-state index in [-0.39, 0.29) is 0 Å². The molecule has 1 N–H and O–H groups in total. The Bertz CT molecular complexity index is 224. The van der Waals surface area contributed by atoms with Gasteiger partial charge in [0.05, 0.1) is 6.20 Å². The quantitative estimate of drug-likeness (QED) is 0.671. The Balaban J connectivity index is 2.35. The lowest BCUT2D eigenvalue weighted by molar-refractivity contribution is 0.702. The average Bonchev–Trinajstić information content (AvgIpc) is 2.19. The largest absolute Gasteiger partial charge is 0.357 e. The van der Waals surface area contributed by atoms with Gasteiger partial charge in [0.15, 0.2) is 0 Å². The van der Waals surface area contributed by atoms with Gasteiger partial charge in [0.2, 0.25) is 0 Å². The highest BCUT2D eigenvalue weighted by atomic mass is 15.2. The first-order valence-electron chi connectivity index (χ1n) is 4.52. The third kappa shape index (κ3) is 3.38. The van der Waals surface area contributed by atoms with Gasteiger partial charge in [-0.15, -0.1) is 0 Å². The van der Waals surface area contributed by atoms with Crippen molar-refractivity contribution in [2.24, 2.45) is 0 Å². The molecule has 0 atom stereocenters. The summed E-state index contributed by atoms with van der Waals surface area (Å²) in [5, 5.41) is 3.26. The topological polar surface area (TPSA) is 41.0 Å². The standard InChI is InChI=1S/C9H16N4/c1-3-10-6-7-13(2)9-8-11-4-5-12-9/h4-5,8,10H,3,6-7H2,1-2H3. The lowest BCUT2D eigenvalue weighted by Gasteiger charge is -2.17. The van der Waals surface area contributed by atoms with Gasteiger partial charge in [-0.05, 0) is 6.54 Å². The smallest absolute Gasteiger partial charge is 0.146 e. The zero-order chi connectivity index (χ0) is 9.52. The lowest BCUT2D eigenvalue weighted by atomic mass is 10.5. The van der Waals surface area contributed by atoms with Crippen molar-refractivity contribution in [3.05, 3.63) is 18.6 Å². The van der Waals surface area contributed by atoms with E-state index in [1.807, 2.05) is 7.05 Å². The van der Waals surface area contributed by atoms with Crippen molar-refractivity contribution in [3.63, 3.8) is 0 Å². The van der Waals surface area contributed by atoms with Crippen molar-refractivity contribution in [1.29, 1.82) is 0 Å². The summed E-state index contributed by atoms with van der Waals surface area (Å²) in [4.78, 5) is 10.3. The van der Waals surface area contributed by atoms with Gasteiger partial charge in [-0.25, -0.2) is 4.98 Å². The van der Waals surface area contributed by atoms with Crippen molar-refractivity contribution in [2.45, 2.75) is 6.92 Å². The molecule has 72 valence electrons. The molecule has 0 spiro atoms. The molecular weight excluding hydrogens is 164 g/mol. The monoisotopic (exact) mass is 180 g/mol. The van der Waals surface area contributed by atoms with E-state index in [0.29, 0.717) is 0 Å². The Kier molecular flexibility index (Phi) is 4.18. The number of anilines is 1. The first kappa shape index (κ1) is 9.92. The molecule has 1 heterocycles. The summed E-state index contributed by atoms with van der Waals surface area (Å²) in [5.41, 5.74) is 0. The molecule has 4 heteroatoms. The first-order chi connectivity index (χ1) is 6.34. The summed E-state index contributed by atoms with van der Waals surface area (Å²) in [6, 6.07) is 0. The van der Waals surface area contributed by atoms with Crippen LogP contribution in [0.2, 0.25) is 0 Å². The molecular formula is C9H16N4. The van der Waals surface area contributed by atoms with Crippen LogP contribution < -0.4 is 10.2 Å². The molecule has 0 fully saturated rings. The second-order valence-corrected chi connectivity index (χ2v) is 2.84. The van der Waals surface area contributed by atoms with E-state index < -0.39 is 0 Å². The Morgan fingerprint density at radius 2 is 2.31 bits per heavy atom. The maximum Gasteiger partial charge on any atom is 0.146 e. The Morgan fingerprint density at radius 1 is 1.46 bits per heavy atom. The predicted molar refractivity (Wildman–Crippen MR) is 53.8 cm³/mol. The fraction of sp³-hybridized carbons (Fsp3) is 0.556. The van der Waals surface area contributed by atoms with Crippen molar-refractivity contribution < 1.29 is 0 Å². The van der Waals surface area contributed by atoms with Crippen LogP contribution in [-0.2, 0) is 0 Å². The summed E-state index contributed by atoms with van der Waals surface area (Å²) in [5.74, 6) is 0.917. The molecule has 0 radical (unpaired) electrons. The number of nitrogens with zero attached hydrogens (tertiary/aromatic N) is 3. The normalized spacial score (nSPS) is 10.0. The number of likely N-dealkylation sites (N-methyl/N-ethyl adjacent to an activating group) is 2. The minimum atomic E-state index is 0.917. The van der Waals surface area contributed by atoms with Gasteiger partial charge in [-0.3, -0.25) is 4.98 Å². The number of hydrogen-bond acceptors (Lipinski definition) is 4. The van der Waals surface area contributed by atoms with Gasteiger partial charge in [0, 0.05) is 32.5 Å². The zero-order valence-electron chi connectivity index (χ0n) is 8.20. The van der Waals surface area contributed by atoms with E-state index in [0.717, 1.165) is 25.5 Å². The van der Waals surface area contributed by atoms with Gasteiger partial charge in [0.1, 0.15) is 5.82 Å².